The maximum atomic E-state index is 11.3. The molecule has 1 aromatic rings. The molecule has 1 unspecified atom stereocenters. The van der Waals surface area contributed by atoms with Crippen molar-refractivity contribution < 1.29 is 14.6 Å². The van der Waals surface area contributed by atoms with Crippen molar-refractivity contribution in [3.05, 3.63) is 35.9 Å². The highest BCUT2D eigenvalue weighted by Gasteiger charge is 2.24. The lowest BCUT2D eigenvalue weighted by atomic mass is 10.0. The Hall–Kier alpha value is -1.39. The fraction of sp³-hybridized carbons (Fsp3) is 0.364. The molecule has 0 radical (unpaired) electrons. The molecule has 15 heavy (non-hydrogen) atoms. The van der Waals surface area contributed by atoms with Crippen LogP contribution < -0.4 is 5.73 Å². The van der Waals surface area contributed by atoms with Crippen molar-refractivity contribution in [2.75, 3.05) is 6.61 Å². The van der Waals surface area contributed by atoms with Crippen LogP contribution in [0.5, 0.6) is 0 Å². The first kappa shape index (κ1) is 11.7. The Morgan fingerprint density at radius 2 is 2.07 bits per heavy atom. The summed E-state index contributed by atoms with van der Waals surface area (Å²) in [5.74, 6) is -0.589. The maximum absolute atomic E-state index is 11.3. The van der Waals surface area contributed by atoms with E-state index in [2.05, 4.69) is 0 Å². The van der Waals surface area contributed by atoms with Gasteiger partial charge in [-0.2, -0.15) is 0 Å². The van der Waals surface area contributed by atoms with Crippen LogP contribution in [-0.2, 0) is 9.53 Å². The Balaban J connectivity index is 2.68. The van der Waals surface area contributed by atoms with Gasteiger partial charge in [0, 0.05) is 0 Å². The maximum Gasteiger partial charge on any atom is 0.325 e. The molecule has 4 nitrogen and oxygen atoms in total. The Bertz CT molecular complexity index is 313. The molecular weight excluding hydrogens is 194 g/mol. The molecule has 0 heterocycles. The van der Waals surface area contributed by atoms with Gasteiger partial charge in [-0.05, 0) is 12.5 Å². The van der Waals surface area contributed by atoms with E-state index in [1.807, 2.05) is 6.07 Å². The molecule has 0 saturated heterocycles. The third kappa shape index (κ3) is 3.04. The molecule has 0 fully saturated rings. The highest BCUT2D eigenvalue weighted by atomic mass is 16.5. The summed E-state index contributed by atoms with van der Waals surface area (Å²) in [6, 6.07) is 7.76. The molecule has 1 rings (SSSR count). The van der Waals surface area contributed by atoms with E-state index in [9.17, 15) is 9.90 Å². The van der Waals surface area contributed by atoms with Crippen molar-refractivity contribution in [3.8, 4) is 0 Å². The Kier molecular flexibility index (Phi) is 4.27. The summed E-state index contributed by atoms with van der Waals surface area (Å²) in [6.07, 6.45) is -1.02. The predicted molar refractivity (Wildman–Crippen MR) is 56.0 cm³/mol. The summed E-state index contributed by atoms with van der Waals surface area (Å²) < 4.78 is 4.72. The third-order valence-corrected chi connectivity index (χ3v) is 2.04. The van der Waals surface area contributed by atoms with Gasteiger partial charge in [-0.1, -0.05) is 30.3 Å². The van der Waals surface area contributed by atoms with Gasteiger partial charge in [0.2, 0.25) is 0 Å². The molecule has 1 aromatic carbocycles. The van der Waals surface area contributed by atoms with Crippen LogP contribution in [0.25, 0.3) is 0 Å². The molecule has 0 aliphatic rings. The van der Waals surface area contributed by atoms with Gasteiger partial charge < -0.3 is 15.6 Å². The minimum Gasteiger partial charge on any atom is -0.465 e. The van der Waals surface area contributed by atoms with Gasteiger partial charge in [-0.3, -0.25) is 4.79 Å². The number of aliphatic hydroxyl groups excluding tert-OH is 1. The molecule has 3 N–H and O–H groups in total. The third-order valence-electron chi connectivity index (χ3n) is 2.04. The zero-order chi connectivity index (χ0) is 11.3. The van der Waals surface area contributed by atoms with E-state index in [1.54, 1.807) is 31.2 Å². The molecule has 0 bridgehead atoms. The molecule has 82 valence electrons. The van der Waals surface area contributed by atoms with Crippen LogP contribution >= 0.6 is 0 Å². The van der Waals surface area contributed by atoms with Crippen molar-refractivity contribution in [2.45, 2.75) is 19.1 Å². The molecular formula is C11H15NO3. The molecule has 2 atom stereocenters. The van der Waals surface area contributed by atoms with Crippen LogP contribution in [0.1, 0.15) is 18.6 Å². The van der Waals surface area contributed by atoms with E-state index in [1.165, 1.54) is 0 Å². The minimum absolute atomic E-state index is 0.258. The van der Waals surface area contributed by atoms with Crippen LogP contribution in [0.3, 0.4) is 0 Å². The van der Waals surface area contributed by atoms with E-state index in [0.717, 1.165) is 0 Å². The Morgan fingerprint density at radius 1 is 1.47 bits per heavy atom. The monoisotopic (exact) mass is 209 g/mol. The smallest absolute Gasteiger partial charge is 0.325 e. The SMILES string of the molecule is CCOC(=O)[C@H](N)C(O)c1ccccc1. The predicted octanol–water partition coefficient (Wildman–Crippen LogP) is 0.610. The summed E-state index contributed by atoms with van der Waals surface area (Å²) in [5, 5.41) is 9.76. The van der Waals surface area contributed by atoms with E-state index in [4.69, 9.17) is 10.5 Å². The van der Waals surface area contributed by atoms with Crippen LogP contribution in [0.4, 0.5) is 0 Å². The second-order valence-corrected chi connectivity index (χ2v) is 3.13. The Morgan fingerprint density at radius 3 is 2.60 bits per heavy atom. The zero-order valence-corrected chi connectivity index (χ0v) is 8.59. The van der Waals surface area contributed by atoms with E-state index in [0.29, 0.717) is 5.56 Å². The topological polar surface area (TPSA) is 72.5 Å². The van der Waals surface area contributed by atoms with E-state index >= 15 is 0 Å². The summed E-state index contributed by atoms with van der Waals surface area (Å²) >= 11 is 0. The van der Waals surface area contributed by atoms with Crippen molar-refractivity contribution in [1.82, 2.24) is 0 Å². The number of nitrogens with two attached hydrogens (primary N) is 1. The number of benzene rings is 1. The van der Waals surface area contributed by atoms with Crippen LogP contribution in [0, 0.1) is 0 Å². The van der Waals surface area contributed by atoms with Gasteiger partial charge in [0.15, 0.2) is 0 Å². The lowest BCUT2D eigenvalue weighted by Gasteiger charge is -2.17. The van der Waals surface area contributed by atoms with Crippen LogP contribution in [-0.4, -0.2) is 23.7 Å². The summed E-state index contributed by atoms with van der Waals surface area (Å²) in [6.45, 7) is 1.95. The van der Waals surface area contributed by atoms with E-state index < -0.39 is 18.1 Å². The first-order valence-corrected chi connectivity index (χ1v) is 4.82. The fourth-order valence-electron chi connectivity index (χ4n) is 1.22. The average molecular weight is 209 g/mol. The van der Waals surface area contributed by atoms with Crippen molar-refractivity contribution in [3.63, 3.8) is 0 Å². The summed E-state index contributed by atoms with van der Waals surface area (Å²) in [7, 11) is 0. The molecule has 4 heteroatoms. The van der Waals surface area contributed by atoms with Gasteiger partial charge in [0.25, 0.3) is 0 Å². The number of carbonyl (C=O) groups is 1. The summed E-state index contributed by atoms with van der Waals surface area (Å²) in [5.41, 5.74) is 6.16. The van der Waals surface area contributed by atoms with Crippen LogP contribution in [0.2, 0.25) is 0 Å². The van der Waals surface area contributed by atoms with E-state index in [-0.39, 0.29) is 6.61 Å². The number of aliphatic hydroxyl groups is 1. The normalized spacial score (nSPS) is 14.3. The molecule has 0 aliphatic carbocycles. The number of esters is 1. The molecule has 0 spiro atoms. The lowest BCUT2D eigenvalue weighted by molar-refractivity contribution is -0.147. The van der Waals surface area contributed by atoms with Crippen molar-refractivity contribution in [1.29, 1.82) is 0 Å². The second kappa shape index (κ2) is 5.48. The van der Waals surface area contributed by atoms with Gasteiger partial charge in [0.1, 0.15) is 12.1 Å². The van der Waals surface area contributed by atoms with Crippen LogP contribution in [0.15, 0.2) is 30.3 Å². The zero-order valence-electron chi connectivity index (χ0n) is 8.59. The lowest BCUT2D eigenvalue weighted by Crippen LogP contribution is -2.38. The number of carbonyl (C=O) groups excluding carboxylic acids is 1. The van der Waals surface area contributed by atoms with Crippen molar-refractivity contribution >= 4 is 5.97 Å². The van der Waals surface area contributed by atoms with Gasteiger partial charge in [-0.25, -0.2) is 0 Å². The molecule has 0 saturated carbocycles. The average Bonchev–Trinajstić information content (AvgIpc) is 2.28. The first-order valence-electron chi connectivity index (χ1n) is 4.82. The molecule has 0 aromatic heterocycles. The van der Waals surface area contributed by atoms with Crippen molar-refractivity contribution in [2.24, 2.45) is 5.73 Å². The molecule has 0 aliphatic heterocycles. The highest BCUT2D eigenvalue weighted by molar-refractivity contribution is 5.76. The summed E-state index contributed by atoms with van der Waals surface area (Å²) in [4.78, 5) is 11.3. The quantitative estimate of drug-likeness (QED) is 0.713. The molecule has 0 amide bonds. The largest absolute Gasteiger partial charge is 0.465 e. The first-order chi connectivity index (χ1) is 7.16. The minimum atomic E-state index is -1.03. The Labute approximate surface area is 88.7 Å². The second-order valence-electron chi connectivity index (χ2n) is 3.13. The standard InChI is InChI=1S/C11H15NO3/c1-2-15-11(14)9(12)10(13)8-6-4-3-5-7-8/h3-7,9-10,13H,2,12H2,1H3/t9-,10?/m1/s1. The fourth-order valence-corrected chi connectivity index (χ4v) is 1.22. The van der Waals surface area contributed by atoms with Gasteiger partial charge in [0.05, 0.1) is 6.61 Å². The highest BCUT2D eigenvalue weighted by Crippen LogP contribution is 2.15. The van der Waals surface area contributed by atoms with Gasteiger partial charge >= 0.3 is 5.97 Å². The number of hydrogen-bond donors (Lipinski definition) is 2. The number of rotatable bonds is 4. The number of hydrogen-bond acceptors (Lipinski definition) is 4. The number of ether oxygens (including phenoxy) is 1. The van der Waals surface area contributed by atoms with Gasteiger partial charge in [-0.15, -0.1) is 0 Å².